The summed E-state index contributed by atoms with van der Waals surface area (Å²) in [6.07, 6.45) is 0. The minimum atomic E-state index is -0.275. The summed E-state index contributed by atoms with van der Waals surface area (Å²) in [6, 6.07) is 12.4. The summed E-state index contributed by atoms with van der Waals surface area (Å²) >= 11 is 0. The Morgan fingerprint density at radius 2 is 1.82 bits per heavy atom. The molecule has 2 aromatic carbocycles. The zero-order valence-corrected chi connectivity index (χ0v) is 9.15. The second-order valence-corrected chi connectivity index (χ2v) is 4.18. The summed E-state index contributed by atoms with van der Waals surface area (Å²) in [5, 5.41) is 12.8. The van der Waals surface area contributed by atoms with Gasteiger partial charge < -0.3 is 10.4 Å². The molecule has 86 valence electrons. The van der Waals surface area contributed by atoms with Crippen molar-refractivity contribution in [3.05, 3.63) is 59.4 Å². The number of aliphatic hydroxyl groups is 1. The molecule has 0 spiro atoms. The summed E-state index contributed by atoms with van der Waals surface area (Å²) in [5.41, 5.74) is 3.66. The minimum absolute atomic E-state index is 0.0187. The Kier molecular flexibility index (Phi) is 2.34. The Labute approximate surface area is 98.7 Å². The van der Waals surface area contributed by atoms with Crippen molar-refractivity contribution in [2.45, 2.75) is 5.92 Å². The second-order valence-electron chi connectivity index (χ2n) is 4.18. The number of benzene rings is 2. The summed E-state index contributed by atoms with van der Waals surface area (Å²) in [4.78, 5) is 0. The van der Waals surface area contributed by atoms with Crippen LogP contribution in [0.2, 0.25) is 0 Å². The van der Waals surface area contributed by atoms with Crippen LogP contribution in [0.1, 0.15) is 17.0 Å². The van der Waals surface area contributed by atoms with Crippen LogP contribution in [-0.2, 0) is 0 Å². The van der Waals surface area contributed by atoms with Crippen LogP contribution in [0.25, 0.3) is 0 Å². The van der Waals surface area contributed by atoms with Gasteiger partial charge in [0.05, 0.1) is 6.61 Å². The van der Waals surface area contributed by atoms with E-state index in [-0.39, 0.29) is 18.3 Å². The molecule has 3 heteroatoms. The third-order valence-corrected chi connectivity index (χ3v) is 3.18. The molecule has 1 atom stereocenters. The average Bonchev–Trinajstić information content (AvgIpc) is 2.36. The van der Waals surface area contributed by atoms with E-state index in [0.29, 0.717) is 0 Å². The van der Waals surface area contributed by atoms with Crippen LogP contribution in [-0.4, -0.2) is 11.7 Å². The van der Waals surface area contributed by atoms with E-state index >= 15 is 0 Å². The highest BCUT2D eigenvalue weighted by Gasteiger charge is 2.24. The van der Waals surface area contributed by atoms with Crippen molar-refractivity contribution in [1.29, 1.82) is 0 Å². The van der Waals surface area contributed by atoms with E-state index in [1.165, 1.54) is 12.1 Å². The van der Waals surface area contributed by atoms with E-state index in [2.05, 4.69) is 5.32 Å². The van der Waals surface area contributed by atoms with Crippen molar-refractivity contribution in [2.75, 3.05) is 11.9 Å². The monoisotopic (exact) mass is 229 g/mol. The predicted molar refractivity (Wildman–Crippen MR) is 65.1 cm³/mol. The van der Waals surface area contributed by atoms with Crippen molar-refractivity contribution in [2.24, 2.45) is 0 Å². The van der Waals surface area contributed by atoms with E-state index in [1.807, 2.05) is 24.3 Å². The lowest BCUT2D eigenvalue weighted by molar-refractivity contribution is 0.280. The molecule has 0 radical (unpaired) electrons. The lowest BCUT2D eigenvalue weighted by Crippen LogP contribution is -2.15. The standard InChI is InChI=1S/C14H12FNO/c15-9-5-6-14-11(7-9)12(8-17)10-3-1-2-4-13(10)16-14/h1-7,12,16-17H,8H2. The van der Waals surface area contributed by atoms with Gasteiger partial charge in [0.15, 0.2) is 0 Å². The lowest BCUT2D eigenvalue weighted by Gasteiger charge is -2.28. The molecule has 2 aromatic rings. The number of nitrogens with one attached hydrogen (secondary N) is 1. The first-order chi connectivity index (χ1) is 8.29. The Bertz CT molecular complexity index is 568. The van der Waals surface area contributed by atoms with Gasteiger partial charge in [0.25, 0.3) is 0 Å². The zero-order chi connectivity index (χ0) is 11.8. The van der Waals surface area contributed by atoms with Gasteiger partial charge in [0, 0.05) is 17.3 Å². The van der Waals surface area contributed by atoms with Gasteiger partial charge >= 0.3 is 0 Å². The zero-order valence-electron chi connectivity index (χ0n) is 9.15. The number of rotatable bonds is 1. The first kappa shape index (κ1) is 10.3. The molecule has 2 nitrogen and oxygen atoms in total. The molecule has 1 unspecified atom stereocenters. The lowest BCUT2D eigenvalue weighted by atomic mass is 9.86. The van der Waals surface area contributed by atoms with E-state index < -0.39 is 0 Å². The maximum absolute atomic E-state index is 13.3. The summed E-state index contributed by atoms with van der Waals surface area (Å²) < 4.78 is 13.3. The molecule has 0 saturated carbocycles. The fourth-order valence-electron chi connectivity index (χ4n) is 2.36. The third-order valence-electron chi connectivity index (χ3n) is 3.18. The predicted octanol–water partition coefficient (Wildman–Crippen LogP) is 3.01. The fourth-order valence-corrected chi connectivity index (χ4v) is 2.36. The first-order valence-corrected chi connectivity index (χ1v) is 5.56. The smallest absolute Gasteiger partial charge is 0.123 e. The highest BCUT2D eigenvalue weighted by atomic mass is 19.1. The third kappa shape index (κ3) is 1.59. The average molecular weight is 229 g/mol. The van der Waals surface area contributed by atoms with E-state index in [1.54, 1.807) is 6.07 Å². The van der Waals surface area contributed by atoms with E-state index in [4.69, 9.17) is 0 Å². The molecule has 1 aliphatic heterocycles. The molecular formula is C14H12FNO. The highest BCUT2D eigenvalue weighted by molar-refractivity contribution is 5.73. The Morgan fingerprint density at radius 3 is 2.65 bits per heavy atom. The van der Waals surface area contributed by atoms with Gasteiger partial charge in [0.2, 0.25) is 0 Å². The Balaban J connectivity index is 2.19. The van der Waals surface area contributed by atoms with Crippen LogP contribution >= 0.6 is 0 Å². The maximum Gasteiger partial charge on any atom is 0.123 e. The Hall–Kier alpha value is -1.87. The number of anilines is 2. The molecule has 17 heavy (non-hydrogen) atoms. The van der Waals surface area contributed by atoms with Gasteiger partial charge in [0.1, 0.15) is 5.82 Å². The number of halogens is 1. The molecule has 0 aliphatic carbocycles. The van der Waals surface area contributed by atoms with Gasteiger partial charge in [-0.05, 0) is 35.4 Å². The van der Waals surface area contributed by atoms with Gasteiger partial charge in [-0.25, -0.2) is 4.39 Å². The highest BCUT2D eigenvalue weighted by Crippen LogP contribution is 2.40. The van der Waals surface area contributed by atoms with Gasteiger partial charge in [-0.3, -0.25) is 0 Å². The topological polar surface area (TPSA) is 32.3 Å². The largest absolute Gasteiger partial charge is 0.395 e. The summed E-state index contributed by atoms with van der Waals surface area (Å²) in [7, 11) is 0. The van der Waals surface area contributed by atoms with Gasteiger partial charge in [-0.15, -0.1) is 0 Å². The second kappa shape index (κ2) is 3.86. The summed E-state index contributed by atoms with van der Waals surface area (Å²) in [6.45, 7) is -0.0187. The summed E-state index contributed by atoms with van der Waals surface area (Å²) in [5.74, 6) is -0.429. The van der Waals surface area contributed by atoms with Crippen LogP contribution in [0.15, 0.2) is 42.5 Å². The van der Waals surface area contributed by atoms with Crippen molar-refractivity contribution in [3.8, 4) is 0 Å². The van der Waals surface area contributed by atoms with Crippen molar-refractivity contribution < 1.29 is 9.50 Å². The van der Waals surface area contributed by atoms with Crippen molar-refractivity contribution in [1.82, 2.24) is 0 Å². The van der Waals surface area contributed by atoms with Crippen LogP contribution in [0.5, 0.6) is 0 Å². The molecule has 0 saturated heterocycles. The molecule has 1 heterocycles. The number of para-hydroxylation sites is 1. The van der Waals surface area contributed by atoms with Gasteiger partial charge in [-0.1, -0.05) is 18.2 Å². The number of fused-ring (bicyclic) bond motifs is 2. The van der Waals surface area contributed by atoms with Gasteiger partial charge in [-0.2, -0.15) is 0 Å². The van der Waals surface area contributed by atoms with E-state index in [0.717, 1.165) is 22.5 Å². The molecule has 3 rings (SSSR count). The fraction of sp³-hybridized carbons (Fsp3) is 0.143. The first-order valence-electron chi connectivity index (χ1n) is 5.56. The molecule has 0 fully saturated rings. The normalized spacial score (nSPS) is 16.9. The molecular weight excluding hydrogens is 217 g/mol. The molecule has 1 aliphatic rings. The van der Waals surface area contributed by atoms with Crippen LogP contribution in [0.4, 0.5) is 15.8 Å². The number of aliphatic hydroxyl groups excluding tert-OH is 1. The number of hydrogen-bond donors (Lipinski definition) is 2. The molecule has 0 amide bonds. The molecule has 0 aromatic heterocycles. The van der Waals surface area contributed by atoms with E-state index in [9.17, 15) is 9.50 Å². The molecule has 2 N–H and O–H groups in total. The minimum Gasteiger partial charge on any atom is -0.395 e. The van der Waals surface area contributed by atoms with Crippen molar-refractivity contribution in [3.63, 3.8) is 0 Å². The quantitative estimate of drug-likeness (QED) is 0.787. The van der Waals surface area contributed by atoms with Crippen LogP contribution in [0, 0.1) is 5.82 Å². The Morgan fingerprint density at radius 1 is 1.06 bits per heavy atom. The molecule has 0 bridgehead atoms. The van der Waals surface area contributed by atoms with Crippen LogP contribution in [0.3, 0.4) is 0 Å². The number of hydrogen-bond acceptors (Lipinski definition) is 2. The maximum atomic E-state index is 13.3. The van der Waals surface area contributed by atoms with Crippen molar-refractivity contribution >= 4 is 11.4 Å². The van der Waals surface area contributed by atoms with Crippen LogP contribution < -0.4 is 5.32 Å². The SMILES string of the molecule is OCC1c2ccccc2Nc2ccc(F)cc21.